The van der Waals surface area contributed by atoms with Crippen LogP contribution in [0.1, 0.15) is 39.0 Å². The Hall–Kier alpha value is -0.850. The molecule has 7 heteroatoms. The highest BCUT2D eigenvalue weighted by atomic mass is 35.5. The summed E-state index contributed by atoms with van der Waals surface area (Å²) in [6.45, 7) is 3.75. The number of rotatable bonds is 3. The molecule has 3 fully saturated rings. The topological polar surface area (TPSA) is 70.7 Å². The summed E-state index contributed by atoms with van der Waals surface area (Å²) in [6.07, 6.45) is 5.95. The molecule has 0 aromatic rings. The molecule has 2 aliphatic heterocycles. The predicted molar refractivity (Wildman–Crippen MR) is 89.5 cm³/mol. The lowest BCUT2D eigenvalue weighted by Crippen LogP contribution is -2.53. The van der Waals surface area contributed by atoms with Crippen LogP contribution >= 0.6 is 12.4 Å². The molecule has 2 amide bonds. The quantitative estimate of drug-likeness (QED) is 0.789. The third kappa shape index (κ3) is 4.58. The summed E-state index contributed by atoms with van der Waals surface area (Å²) in [5, 5.41) is 6.32. The van der Waals surface area contributed by atoms with Gasteiger partial charge < -0.3 is 20.3 Å². The second-order valence-electron chi connectivity index (χ2n) is 6.82. The largest absolute Gasteiger partial charge is 0.373 e. The van der Waals surface area contributed by atoms with Gasteiger partial charge in [0.1, 0.15) is 0 Å². The predicted octanol–water partition coefficient (Wildman–Crippen LogP) is 0.692. The van der Waals surface area contributed by atoms with Crippen molar-refractivity contribution in [3.63, 3.8) is 0 Å². The number of carbonyl (C=O) groups excluding carboxylic acids is 2. The highest BCUT2D eigenvalue weighted by Gasteiger charge is 2.40. The monoisotopic (exact) mass is 345 g/mol. The van der Waals surface area contributed by atoms with Gasteiger partial charge in [0, 0.05) is 32.6 Å². The van der Waals surface area contributed by atoms with E-state index in [-0.39, 0.29) is 36.4 Å². The molecule has 2 heterocycles. The fourth-order valence-corrected chi connectivity index (χ4v) is 4.03. The van der Waals surface area contributed by atoms with Crippen LogP contribution in [0.4, 0.5) is 0 Å². The van der Waals surface area contributed by atoms with Crippen molar-refractivity contribution in [2.75, 3.05) is 26.2 Å². The molecule has 0 radical (unpaired) electrons. The molecule has 2 saturated heterocycles. The van der Waals surface area contributed by atoms with Gasteiger partial charge in [0.25, 0.3) is 0 Å². The van der Waals surface area contributed by atoms with Crippen molar-refractivity contribution < 1.29 is 14.3 Å². The number of morpholine rings is 1. The fraction of sp³-hybridized carbons (Fsp3) is 0.875. The maximum atomic E-state index is 12.7. The molecular weight excluding hydrogens is 318 g/mol. The van der Waals surface area contributed by atoms with Gasteiger partial charge in [0.2, 0.25) is 11.8 Å². The molecule has 0 aromatic heterocycles. The molecule has 0 aromatic carbocycles. The number of hydrogen-bond donors (Lipinski definition) is 2. The lowest BCUT2D eigenvalue weighted by molar-refractivity contribution is -0.140. The molecule has 3 rings (SSSR count). The van der Waals surface area contributed by atoms with Crippen LogP contribution in [0.2, 0.25) is 0 Å². The minimum absolute atomic E-state index is 0. The Morgan fingerprint density at radius 1 is 1.30 bits per heavy atom. The zero-order chi connectivity index (χ0) is 15.5. The van der Waals surface area contributed by atoms with Crippen LogP contribution in [-0.4, -0.2) is 61.1 Å². The van der Waals surface area contributed by atoms with E-state index in [1.54, 1.807) is 0 Å². The summed E-state index contributed by atoms with van der Waals surface area (Å²) in [6, 6.07) is 0.520. The van der Waals surface area contributed by atoms with Gasteiger partial charge in [-0.05, 0) is 25.2 Å². The number of ether oxygens (including phenoxy) is 1. The molecule has 23 heavy (non-hydrogen) atoms. The molecular formula is C16H28ClN3O3. The first-order valence-corrected chi connectivity index (χ1v) is 8.54. The molecule has 4 atom stereocenters. The fourth-order valence-electron chi connectivity index (χ4n) is 4.03. The van der Waals surface area contributed by atoms with E-state index in [0.717, 1.165) is 6.42 Å². The zero-order valence-corrected chi connectivity index (χ0v) is 14.6. The summed E-state index contributed by atoms with van der Waals surface area (Å²) in [5.41, 5.74) is 0. The van der Waals surface area contributed by atoms with E-state index in [1.807, 2.05) is 4.90 Å². The molecule has 1 saturated carbocycles. The Kier molecular flexibility index (Phi) is 6.68. The number of hydrogen-bond acceptors (Lipinski definition) is 4. The summed E-state index contributed by atoms with van der Waals surface area (Å²) >= 11 is 0. The standard InChI is InChI=1S/C16H27N3O3.ClH/c1-11(20)17-9-13-10-19(6-7-22-13)16(21)15-8-12-4-2-3-5-14(12)18-15;/h12-15,18H,2-10H2,1H3,(H,17,20);1H. The Labute approximate surface area is 144 Å². The Morgan fingerprint density at radius 2 is 2.09 bits per heavy atom. The minimum atomic E-state index is -0.0923. The van der Waals surface area contributed by atoms with Crippen molar-refractivity contribution in [3.8, 4) is 0 Å². The van der Waals surface area contributed by atoms with Crippen molar-refractivity contribution in [1.82, 2.24) is 15.5 Å². The maximum Gasteiger partial charge on any atom is 0.239 e. The van der Waals surface area contributed by atoms with Crippen LogP contribution in [0, 0.1) is 5.92 Å². The SMILES string of the molecule is CC(=O)NCC1CN(C(=O)C2CC3CCCCC3N2)CCO1.Cl. The number of amides is 2. The lowest BCUT2D eigenvalue weighted by atomic mass is 9.85. The molecule has 0 bridgehead atoms. The van der Waals surface area contributed by atoms with Gasteiger partial charge >= 0.3 is 0 Å². The Bertz CT molecular complexity index is 421. The van der Waals surface area contributed by atoms with E-state index in [2.05, 4.69) is 10.6 Å². The Morgan fingerprint density at radius 3 is 2.83 bits per heavy atom. The van der Waals surface area contributed by atoms with Crippen LogP contribution in [0.5, 0.6) is 0 Å². The molecule has 1 aliphatic carbocycles. The highest BCUT2D eigenvalue weighted by Crippen LogP contribution is 2.33. The van der Waals surface area contributed by atoms with E-state index in [9.17, 15) is 9.59 Å². The molecule has 2 N–H and O–H groups in total. The molecule has 3 aliphatic rings. The van der Waals surface area contributed by atoms with Gasteiger partial charge in [-0.3, -0.25) is 9.59 Å². The number of nitrogens with one attached hydrogen (secondary N) is 2. The van der Waals surface area contributed by atoms with Gasteiger partial charge in [-0.25, -0.2) is 0 Å². The normalized spacial score (nSPS) is 33.5. The number of fused-ring (bicyclic) bond motifs is 1. The van der Waals surface area contributed by atoms with E-state index >= 15 is 0 Å². The van der Waals surface area contributed by atoms with Crippen LogP contribution in [0.15, 0.2) is 0 Å². The highest BCUT2D eigenvalue weighted by molar-refractivity contribution is 5.85. The summed E-state index contributed by atoms with van der Waals surface area (Å²) < 4.78 is 5.64. The second-order valence-corrected chi connectivity index (χ2v) is 6.82. The van der Waals surface area contributed by atoms with Gasteiger partial charge in [-0.2, -0.15) is 0 Å². The first-order valence-electron chi connectivity index (χ1n) is 8.54. The van der Waals surface area contributed by atoms with E-state index in [0.29, 0.717) is 38.2 Å². The molecule has 6 nitrogen and oxygen atoms in total. The third-order valence-corrected chi connectivity index (χ3v) is 5.19. The summed E-state index contributed by atoms with van der Waals surface area (Å²) in [7, 11) is 0. The van der Waals surface area contributed by atoms with Crippen LogP contribution in [0.3, 0.4) is 0 Å². The number of carbonyl (C=O) groups is 2. The maximum absolute atomic E-state index is 12.7. The van der Waals surface area contributed by atoms with Crippen molar-refractivity contribution in [2.24, 2.45) is 5.92 Å². The minimum Gasteiger partial charge on any atom is -0.373 e. The van der Waals surface area contributed by atoms with Gasteiger partial charge in [0.05, 0.1) is 18.8 Å². The van der Waals surface area contributed by atoms with Crippen molar-refractivity contribution in [2.45, 2.75) is 57.2 Å². The first-order chi connectivity index (χ1) is 10.6. The van der Waals surface area contributed by atoms with Gasteiger partial charge in [-0.1, -0.05) is 12.8 Å². The molecule has 0 spiro atoms. The van der Waals surface area contributed by atoms with Crippen LogP contribution < -0.4 is 10.6 Å². The lowest BCUT2D eigenvalue weighted by Gasteiger charge is -2.34. The van der Waals surface area contributed by atoms with E-state index in [4.69, 9.17) is 4.74 Å². The first kappa shape index (κ1) is 18.5. The van der Waals surface area contributed by atoms with E-state index < -0.39 is 0 Å². The summed E-state index contributed by atoms with van der Waals surface area (Å²) in [5.74, 6) is 0.832. The third-order valence-electron chi connectivity index (χ3n) is 5.19. The van der Waals surface area contributed by atoms with Crippen LogP contribution in [0.25, 0.3) is 0 Å². The second kappa shape index (κ2) is 8.31. The zero-order valence-electron chi connectivity index (χ0n) is 13.8. The van der Waals surface area contributed by atoms with Gasteiger partial charge in [0.15, 0.2) is 0 Å². The smallest absolute Gasteiger partial charge is 0.239 e. The summed E-state index contributed by atoms with van der Waals surface area (Å²) in [4.78, 5) is 25.7. The van der Waals surface area contributed by atoms with Crippen molar-refractivity contribution >= 4 is 24.2 Å². The van der Waals surface area contributed by atoms with E-state index in [1.165, 1.54) is 32.6 Å². The molecule has 4 unspecified atom stereocenters. The van der Waals surface area contributed by atoms with Crippen molar-refractivity contribution in [3.05, 3.63) is 0 Å². The number of halogens is 1. The average Bonchev–Trinajstić information content (AvgIpc) is 2.96. The average molecular weight is 346 g/mol. The Balaban J connectivity index is 0.00000192. The molecule has 132 valence electrons. The van der Waals surface area contributed by atoms with Gasteiger partial charge in [-0.15, -0.1) is 12.4 Å². The van der Waals surface area contributed by atoms with Crippen LogP contribution in [-0.2, 0) is 14.3 Å². The number of nitrogens with zero attached hydrogens (tertiary/aromatic N) is 1. The van der Waals surface area contributed by atoms with Crippen molar-refractivity contribution in [1.29, 1.82) is 0 Å².